The summed E-state index contributed by atoms with van der Waals surface area (Å²) in [5, 5.41) is 10.5. The number of hydrogen-bond donors (Lipinski definition) is 1. The predicted molar refractivity (Wildman–Crippen MR) is 117 cm³/mol. The van der Waals surface area contributed by atoms with Crippen LogP contribution in [0.15, 0.2) is 24.3 Å². The molecular weight excluding hydrogens is 472 g/mol. The van der Waals surface area contributed by atoms with Crippen molar-refractivity contribution < 1.29 is 47.9 Å². The van der Waals surface area contributed by atoms with Gasteiger partial charge in [0.1, 0.15) is 17.6 Å². The van der Waals surface area contributed by atoms with E-state index >= 15 is 0 Å². The van der Waals surface area contributed by atoms with Crippen LogP contribution in [0.1, 0.15) is 55.5 Å². The summed E-state index contributed by atoms with van der Waals surface area (Å²) in [5.74, 6) is -3.86. The van der Waals surface area contributed by atoms with E-state index in [1.807, 2.05) is 6.92 Å². The van der Waals surface area contributed by atoms with Gasteiger partial charge in [-0.3, -0.25) is 9.59 Å². The lowest BCUT2D eigenvalue weighted by atomic mass is 9.75. The maximum absolute atomic E-state index is 13.8. The molecule has 1 spiro atoms. The molecule has 186 valence electrons. The van der Waals surface area contributed by atoms with E-state index < -0.39 is 41.5 Å². The summed E-state index contributed by atoms with van der Waals surface area (Å²) < 4.78 is 43.6. The zero-order chi connectivity index (χ0) is 24.6. The minimum Gasteiger partial charge on any atom is -0.507 e. The monoisotopic (exact) mass is 494 g/mol. The van der Waals surface area contributed by atoms with Crippen LogP contribution < -0.4 is 4.74 Å². The number of rotatable bonds is 2. The van der Waals surface area contributed by atoms with Crippen molar-refractivity contribution >= 4 is 11.6 Å². The highest BCUT2D eigenvalue weighted by Crippen LogP contribution is 2.71. The Kier molecular flexibility index (Phi) is 3.85. The van der Waals surface area contributed by atoms with Gasteiger partial charge in [0.2, 0.25) is 17.7 Å². The number of benzene rings is 2. The van der Waals surface area contributed by atoms with Gasteiger partial charge in [0.15, 0.2) is 11.9 Å². The number of hydrogen-bond acceptors (Lipinski definition) is 10. The molecule has 5 atom stereocenters. The molecule has 4 fully saturated rings. The van der Waals surface area contributed by atoms with Gasteiger partial charge in [0.25, 0.3) is 11.6 Å². The van der Waals surface area contributed by atoms with Crippen molar-refractivity contribution in [3.63, 3.8) is 0 Å². The summed E-state index contributed by atoms with van der Waals surface area (Å²) in [6.07, 6.45) is -1.54. The molecule has 8 rings (SSSR count). The minimum absolute atomic E-state index is 0.0498. The smallest absolute Gasteiger partial charge is 0.277 e. The Labute approximate surface area is 204 Å². The molecule has 2 aromatic rings. The summed E-state index contributed by atoms with van der Waals surface area (Å²) in [6.45, 7) is 2.99. The summed E-state index contributed by atoms with van der Waals surface area (Å²) in [5.41, 5.74) is 0.454. The molecule has 1 N–H and O–H groups in total. The van der Waals surface area contributed by atoms with Gasteiger partial charge in [0.05, 0.1) is 30.9 Å². The second kappa shape index (κ2) is 6.52. The number of ether oxygens (including phenoxy) is 7. The van der Waals surface area contributed by atoms with Crippen LogP contribution in [0.5, 0.6) is 11.5 Å². The van der Waals surface area contributed by atoms with Gasteiger partial charge < -0.3 is 38.3 Å². The fourth-order valence-electron chi connectivity index (χ4n) is 6.68. The molecule has 10 heteroatoms. The van der Waals surface area contributed by atoms with Crippen molar-refractivity contribution in [2.45, 2.75) is 49.0 Å². The fraction of sp³-hybridized carbons (Fsp3) is 0.462. The molecule has 10 nitrogen and oxygen atoms in total. The van der Waals surface area contributed by atoms with E-state index in [-0.39, 0.29) is 46.1 Å². The number of epoxide rings is 1. The molecule has 5 heterocycles. The van der Waals surface area contributed by atoms with Crippen LogP contribution >= 0.6 is 0 Å². The van der Waals surface area contributed by atoms with Crippen molar-refractivity contribution in [3.8, 4) is 11.5 Å². The number of aryl methyl sites for hydroxylation is 1. The van der Waals surface area contributed by atoms with Crippen LogP contribution in [0.25, 0.3) is 0 Å². The number of carbonyl (C=O) groups excluding carboxylic acids is 2. The topological polar surface area (TPSA) is 122 Å². The summed E-state index contributed by atoms with van der Waals surface area (Å²) in [4.78, 5) is 27.2. The third-order valence-corrected chi connectivity index (χ3v) is 8.30. The Hall–Kier alpha value is -2.86. The zero-order valence-corrected chi connectivity index (χ0v) is 19.5. The lowest BCUT2D eigenvalue weighted by Crippen LogP contribution is -2.70. The molecule has 4 saturated heterocycles. The predicted octanol–water partition coefficient (Wildman–Crippen LogP) is 1.91. The number of aromatic hydroxyl groups is 1. The first-order valence-corrected chi connectivity index (χ1v) is 11.9. The molecule has 5 aliphatic heterocycles. The van der Waals surface area contributed by atoms with Crippen LogP contribution in [0.2, 0.25) is 0 Å². The van der Waals surface area contributed by atoms with E-state index in [9.17, 15) is 14.7 Å². The van der Waals surface area contributed by atoms with Gasteiger partial charge in [-0.05, 0) is 31.0 Å². The number of phenolic OH excluding ortho intramolecular Hbond substituents is 1. The summed E-state index contributed by atoms with van der Waals surface area (Å²) >= 11 is 0. The number of methoxy groups -OCH3 is 1. The van der Waals surface area contributed by atoms with Crippen molar-refractivity contribution in [2.75, 3.05) is 26.9 Å². The zero-order valence-electron chi connectivity index (χ0n) is 19.5. The van der Waals surface area contributed by atoms with Gasteiger partial charge in [-0.25, -0.2) is 0 Å². The minimum atomic E-state index is -1.48. The summed E-state index contributed by atoms with van der Waals surface area (Å²) in [6, 6.07) is 6.13. The second-order valence-electron chi connectivity index (χ2n) is 9.98. The van der Waals surface area contributed by atoms with E-state index in [1.165, 1.54) is 25.3 Å². The van der Waals surface area contributed by atoms with Crippen molar-refractivity contribution in [3.05, 3.63) is 57.6 Å². The van der Waals surface area contributed by atoms with Crippen LogP contribution in [-0.2, 0) is 28.4 Å². The Balaban J connectivity index is 1.36. The molecule has 4 unspecified atom stereocenters. The first-order chi connectivity index (χ1) is 17.4. The number of carbonyl (C=O) groups is 2. The second-order valence-corrected chi connectivity index (χ2v) is 9.98. The number of phenols is 1. The number of fused-ring (bicyclic) bond motifs is 8. The average Bonchev–Trinajstić information content (AvgIpc) is 3.54. The average molecular weight is 494 g/mol. The van der Waals surface area contributed by atoms with Crippen molar-refractivity contribution in [1.29, 1.82) is 0 Å². The molecule has 0 saturated carbocycles. The maximum Gasteiger partial charge on any atom is 0.277 e. The van der Waals surface area contributed by atoms with Gasteiger partial charge in [-0.2, -0.15) is 0 Å². The van der Waals surface area contributed by atoms with Crippen LogP contribution in [0.4, 0.5) is 0 Å². The Morgan fingerprint density at radius 1 is 1.06 bits per heavy atom. The van der Waals surface area contributed by atoms with Gasteiger partial charge in [-0.15, -0.1) is 0 Å². The first-order valence-electron chi connectivity index (χ1n) is 11.9. The highest BCUT2D eigenvalue weighted by Gasteiger charge is 2.93. The molecule has 0 aromatic heterocycles. The standard InChI is InChI=1S/C26H22O10/c1-11-9-13-17(19(29)16-12(18(13)28)5-3-6-14(16)27)20-15(11)21-22-25(30-2,34-20)24(10-33-24)26(35-21,36-22)23-31-7-4-8-32-23/h3,5-6,9,21-23,27H,4,7-8,10H2,1-2H3/t21?,22?,24?,25?,26-/m1/s1. The van der Waals surface area contributed by atoms with E-state index in [0.29, 0.717) is 24.3 Å². The largest absolute Gasteiger partial charge is 0.507 e. The molecule has 2 aromatic carbocycles. The molecule has 0 radical (unpaired) electrons. The van der Waals surface area contributed by atoms with Crippen molar-refractivity contribution in [2.24, 2.45) is 0 Å². The summed E-state index contributed by atoms with van der Waals surface area (Å²) in [7, 11) is 1.49. The maximum atomic E-state index is 13.8. The first kappa shape index (κ1) is 21.2. The van der Waals surface area contributed by atoms with Gasteiger partial charge in [0, 0.05) is 23.8 Å². The van der Waals surface area contributed by atoms with E-state index in [1.54, 1.807) is 6.07 Å². The van der Waals surface area contributed by atoms with Crippen LogP contribution in [0, 0.1) is 6.92 Å². The van der Waals surface area contributed by atoms with Crippen molar-refractivity contribution in [1.82, 2.24) is 0 Å². The van der Waals surface area contributed by atoms with Gasteiger partial charge >= 0.3 is 0 Å². The fourth-order valence-corrected chi connectivity index (χ4v) is 6.68. The molecule has 6 aliphatic rings. The molecule has 1 aliphatic carbocycles. The Morgan fingerprint density at radius 3 is 2.56 bits per heavy atom. The number of ketones is 2. The molecule has 0 amide bonds. The Bertz CT molecular complexity index is 1390. The van der Waals surface area contributed by atoms with E-state index in [0.717, 1.165) is 6.42 Å². The third-order valence-electron chi connectivity index (χ3n) is 8.30. The highest BCUT2D eigenvalue weighted by molar-refractivity contribution is 6.30. The third kappa shape index (κ3) is 2.10. The lowest BCUT2D eigenvalue weighted by Gasteiger charge is -2.50. The normalized spacial score (nSPS) is 37.5. The van der Waals surface area contributed by atoms with E-state index in [2.05, 4.69) is 0 Å². The molecule has 2 bridgehead atoms. The SMILES string of the molecule is COC12Oc3c4c(cc(C)c3C3O[C@](C5OCCCO5)(OC31)C21CO1)C(=O)c1cccc(O)c1C4=O. The quantitative estimate of drug-likeness (QED) is 0.529. The van der Waals surface area contributed by atoms with E-state index in [4.69, 9.17) is 33.2 Å². The Morgan fingerprint density at radius 2 is 1.83 bits per heavy atom. The van der Waals surface area contributed by atoms with Crippen LogP contribution in [0.3, 0.4) is 0 Å². The lowest BCUT2D eigenvalue weighted by molar-refractivity contribution is -0.365. The molecular formula is C26H22O10. The molecule has 36 heavy (non-hydrogen) atoms. The highest BCUT2D eigenvalue weighted by atomic mass is 16.9. The van der Waals surface area contributed by atoms with Gasteiger partial charge in [-0.1, -0.05) is 12.1 Å². The van der Waals surface area contributed by atoms with Crippen LogP contribution in [-0.4, -0.2) is 73.2 Å².